The zero-order valence-corrected chi connectivity index (χ0v) is 13.5. The van der Waals surface area contributed by atoms with Gasteiger partial charge in [0.15, 0.2) is 0 Å². The number of hydrogen-bond acceptors (Lipinski definition) is 2. The van der Waals surface area contributed by atoms with Crippen molar-refractivity contribution in [3.63, 3.8) is 0 Å². The number of unbranched alkanes of at least 4 members (excludes halogenated alkanes) is 1. The fourth-order valence-corrected chi connectivity index (χ4v) is 3.68. The number of aliphatic hydroxyl groups excluding tert-OH is 1. The van der Waals surface area contributed by atoms with Crippen LogP contribution in [0.3, 0.4) is 0 Å². The van der Waals surface area contributed by atoms with E-state index in [4.69, 9.17) is 4.74 Å². The summed E-state index contributed by atoms with van der Waals surface area (Å²) in [5, 5.41) is 10.7. The van der Waals surface area contributed by atoms with Gasteiger partial charge in [-0.25, -0.2) is 0 Å². The summed E-state index contributed by atoms with van der Waals surface area (Å²) in [6.45, 7) is 6.77. The van der Waals surface area contributed by atoms with E-state index < -0.39 is 0 Å². The molecule has 1 fully saturated rings. The fraction of sp³-hybridized carbons (Fsp3) is 1.00. The Morgan fingerprint density at radius 1 is 1.37 bits per heavy atom. The van der Waals surface area contributed by atoms with Crippen molar-refractivity contribution in [1.29, 1.82) is 0 Å². The first kappa shape index (κ1) is 17.0. The summed E-state index contributed by atoms with van der Waals surface area (Å²) in [6, 6.07) is 0. The van der Waals surface area contributed by atoms with Crippen LogP contribution in [0, 0.1) is 11.8 Å². The molecule has 4 atom stereocenters. The van der Waals surface area contributed by atoms with Crippen molar-refractivity contribution in [3.05, 3.63) is 0 Å². The highest BCUT2D eigenvalue weighted by atomic mass is 16.5. The lowest BCUT2D eigenvalue weighted by Gasteiger charge is -2.43. The van der Waals surface area contributed by atoms with Crippen LogP contribution in [0.4, 0.5) is 0 Å². The maximum Gasteiger partial charge on any atom is 0.0939 e. The number of aliphatic hydroxyl groups is 1. The second-order valence-electron chi connectivity index (χ2n) is 6.64. The quantitative estimate of drug-likeness (QED) is 0.701. The summed E-state index contributed by atoms with van der Waals surface area (Å²) in [7, 11) is 1.79. The van der Waals surface area contributed by atoms with Gasteiger partial charge >= 0.3 is 0 Å². The second kappa shape index (κ2) is 8.26. The van der Waals surface area contributed by atoms with E-state index in [9.17, 15) is 5.11 Å². The van der Waals surface area contributed by atoms with Crippen molar-refractivity contribution in [3.8, 4) is 0 Å². The van der Waals surface area contributed by atoms with Crippen molar-refractivity contribution >= 4 is 0 Å². The molecule has 0 amide bonds. The van der Waals surface area contributed by atoms with Crippen molar-refractivity contribution in [2.75, 3.05) is 7.11 Å². The molecule has 2 heteroatoms. The minimum absolute atomic E-state index is 0.267. The standard InChI is InChI=1S/C17H34O2/c1-5-7-10-15(6-2)12-16(18)17(19-4)11-8-9-14(3)13-17/h14-16,18H,5-13H2,1-4H3. The van der Waals surface area contributed by atoms with E-state index in [-0.39, 0.29) is 11.7 Å². The maximum absolute atomic E-state index is 10.7. The zero-order chi connectivity index (χ0) is 14.3. The van der Waals surface area contributed by atoms with E-state index in [1.165, 1.54) is 38.5 Å². The number of ether oxygens (including phenoxy) is 1. The molecular weight excluding hydrogens is 236 g/mol. The number of hydrogen-bond donors (Lipinski definition) is 1. The Morgan fingerprint density at radius 2 is 2.11 bits per heavy atom. The second-order valence-corrected chi connectivity index (χ2v) is 6.64. The molecule has 19 heavy (non-hydrogen) atoms. The number of rotatable bonds is 8. The predicted octanol–water partition coefficient (Wildman–Crippen LogP) is 4.55. The van der Waals surface area contributed by atoms with Crippen LogP contribution in [0.1, 0.15) is 78.6 Å². The van der Waals surface area contributed by atoms with E-state index in [2.05, 4.69) is 20.8 Å². The van der Waals surface area contributed by atoms with E-state index in [0.717, 1.165) is 19.3 Å². The van der Waals surface area contributed by atoms with Gasteiger partial charge in [-0.1, -0.05) is 59.3 Å². The summed E-state index contributed by atoms with van der Waals surface area (Å²) in [5.74, 6) is 1.33. The minimum Gasteiger partial charge on any atom is -0.390 e. The van der Waals surface area contributed by atoms with Crippen molar-refractivity contribution in [1.82, 2.24) is 0 Å². The van der Waals surface area contributed by atoms with Gasteiger partial charge in [-0.2, -0.15) is 0 Å². The lowest BCUT2D eigenvalue weighted by molar-refractivity contribution is -0.138. The average Bonchev–Trinajstić information content (AvgIpc) is 2.42. The highest BCUT2D eigenvalue weighted by molar-refractivity contribution is 4.93. The summed E-state index contributed by atoms with van der Waals surface area (Å²) in [4.78, 5) is 0. The van der Waals surface area contributed by atoms with E-state index in [1.54, 1.807) is 7.11 Å². The van der Waals surface area contributed by atoms with Crippen molar-refractivity contribution in [2.24, 2.45) is 11.8 Å². The van der Waals surface area contributed by atoms with Crippen LogP contribution in [0.5, 0.6) is 0 Å². The molecule has 0 heterocycles. The third kappa shape index (κ3) is 4.75. The topological polar surface area (TPSA) is 29.5 Å². The predicted molar refractivity (Wildman–Crippen MR) is 81.3 cm³/mol. The Bertz CT molecular complexity index is 241. The summed E-state index contributed by atoms with van der Waals surface area (Å²) >= 11 is 0. The molecule has 1 aliphatic rings. The number of methoxy groups -OCH3 is 1. The van der Waals surface area contributed by atoms with Crippen LogP contribution >= 0.6 is 0 Å². The van der Waals surface area contributed by atoms with E-state index in [1.807, 2.05) is 0 Å². The fourth-order valence-electron chi connectivity index (χ4n) is 3.68. The monoisotopic (exact) mass is 270 g/mol. The van der Waals surface area contributed by atoms with Crippen LogP contribution in [0.2, 0.25) is 0 Å². The van der Waals surface area contributed by atoms with Crippen LogP contribution < -0.4 is 0 Å². The van der Waals surface area contributed by atoms with Crippen LogP contribution in [0.15, 0.2) is 0 Å². The summed E-state index contributed by atoms with van der Waals surface area (Å²) in [5.41, 5.74) is -0.267. The van der Waals surface area contributed by atoms with E-state index in [0.29, 0.717) is 11.8 Å². The van der Waals surface area contributed by atoms with Crippen molar-refractivity contribution in [2.45, 2.75) is 90.3 Å². The van der Waals surface area contributed by atoms with Gasteiger partial charge in [-0.05, 0) is 31.1 Å². The smallest absolute Gasteiger partial charge is 0.0939 e. The Morgan fingerprint density at radius 3 is 2.63 bits per heavy atom. The van der Waals surface area contributed by atoms with Gasteiger partial charge in [0.05, 0.1) is 11.7 Å². The molecule has 0 aromatic carbocycles. The average molecular weight is 270 g/mol. The van der Waals surface area contributed by atoms with Gasteiger partial charge in [0.25, 0.3) is 0 Å². The molecule has 2 nitrogen and oxygen atoms in total. The molecule has 0 radical (unpaired) electrons. The normalized spacial score (nSPS) is 31.1. The first-order valence-electron chi connectivity index (χ1n) is 8.31. The zero-order valence-electron chi connectivity index (χ0n) is 13.5. The highest BCUT2D eigenvalue weighted by Gasteiger charge is 2.41. The Kier molecular flexibility index (Phi) is 7.38. The Balaban J connectivity index is 2.58. The van der Waals surface area contributed by atoms with Gasteiger partial charge in [0.1, 0.15) is 0 Å². The van der Waals surface area contributed by atoms with Crippen molar-refractivity contribution < 1.29 is 9.84 Å². The van der Waals surface area contributed by atoms with Crippen LogP contribution in [0.25, 0.3) is 0 Å². The Hall–Kier alpha value is -0.0800. The molecule has 0 spiro atoms. The highest BCUT2D eigenvalue weighted by Crippen LogP contribution is 2.39. The first-order chi connectivity index (χ1) is 9.07. The minimum atomic E-state index is -0.290. The molecule has 1 aliphatic carbocycles. The third-order valence-electron chi connectivity index (χ3n) is 5.10. The molecule has 0 bridgehead atoms. The molecule has 1 saturated carbocycles. The van der Waals surface area contributed by atoms with Gasteiger partial charge in [-0.15, -0.1) is 0 Å². The molecule has 0 aromatic heterocycles. The SMILES string of the molecule is CCCCC(CC)CC(O)C1(OC)CCCC(C)C1. The van der Waals surface area contributed by atoms with Crippen LogP contribution in [-0.2, 0) is 4.74 Å². The van der Waals surface area contributed by atoms with E-state index >= 15 is 0 Å². The molecule has 114 valence electrons. The molecule has 0 saturated heterocycles. The molecule has 1 N–H and O–H groups in total. The lowest BCUT2D eigenvalue weighted by atomic mass is 9.73. The van der Waals surface area contributed by atoms with Crippen LogP contribution in [-0.4, -0.2) is 23.9 Å². The third-order valence-corrected chi connectivity index (χ3v) is 5.10. The molecule has 1 rings (SSSR count). The Labute approximate surface area is 119 Å². The molecule has 0 aliphatic heterocycles. The van der Waals surface area contributed by atoms with Gasteiger partial charge in [0.2, 0.25) is 0 Å². The van der Waals surface area contributed by atoms with Gasteiger partial charge < -0.3 is 9.84 Å². The first-order valence-corrected chi connectivity index (χ1v) is 8.31. The molecule has 0 aromatic rings. The summed E-state index contributed by atoms with van der Waals surface area (Å²) in [6.07, 6.45) is 10.1. The maximum atomic E-state index is 10.7. The molecule has 4 unspecified atom stereocenters. The van der Waals surface area contributed by atoms with Gasteiger partial charge in [-0.3, -0.25) is 0 Å². The van der Waals surface area contributed by atoms with Gasteiger partial charge in [0, 0.05) is 7.11 Å². The summed E-state index contributed by atoms with van der Waals surface area (Å²) < 4.78 is 5.81. The largest absolute Gasteiger partial charge is 0.390 e. The lowest BCUT2D eigenvalue weighted by Crippen LogP contribution is -2.48. The molecular formula is C17H34O2.